The van der Waals surface area contributed by atoms with Crippen LogP contribution < -0.4 is 9.47 Å². The molecule has 3 nitrogen and oxygen atoms in total. The Morgan fingerprint density at radius 3 is 2.29 bits per heavy atom. The third-order valence-electron chi connectivity index (χ3n) is 2.65. The Labute approximate surface area is 121 Å². The van der Waals surface area contributed by atoms with Crippen molar-refractivity contribution in [3.63, 3.8) is 0 Å². The lowest BCUT2D eigenvalue weighted by atomic mass is 10.2. The van der Waals surface area contributed by atoms with Gasteiger partial charge in [0.1, 0.15) is 0 Å². The van der Waals surface area contributed by atoms with Gasteiger partial charge in [-0.25, -0.2) is 8.78 Å². The molecule has 0 radical (unpaired) electrons. The molecule has 0 aliphatic rings. The van der Waals surface area contributed by atoms with Crippen molar-refractivity contribution in [1.29, 1.82) is 5.26 Å². The van der Waals surface area contributed by atoms with Crippen molar-refractivity contribution in [2.75, 3.05) is 6.61 Å². The Balaban J connectivity index is 2.33. The van der Waals surface area contributed by atoms with Gasteiger partial charge in [-0.3, -0.25) is 0 Å². The highest BCUT2D eigenvalue weighted by molar-refractivity contribution is 5.45. The molecule has 0 aliphatic carbocycles. The number of ether oxygens (including phenoxy) is 2. The minimum absolute atomic E-state index is 0.104. The third kappa shape index (κ3) is 3.48. The van der Waals surface area contributed by atoms with Gasteiger partial charge in [0.2, 0.25) is 0 Å². The van der Waals surface area contributed by atoms with Gasteiger partial charge >= 0.3 is 0 Å². The molecule has 0 N–H and O–H groups in total. The van der Waals surface area contributed by atoms with Crippen LogP contribution in [0.5, 0.6) is 17.2 Å². The second kappa shape index (κ2) is 6.71. The molecule has 0 heterocycles. The van der Waals surface area contributed by atoms with E-state index < -0.39 is 17.4 Å². The second-order valence-corrected chi connectivity index (χ2v) is 4.28. The number of rotatable bonds is 5. The van der Waals surface area contributed by atoms with Gasteiger partial charge in [0.15, 0.2) is 28.9 Å². The standard InChI is InChI=1S/C16H13F2NO2/c1-2-7-20-14-5-3-4-6-15(14)21-16-12(17)8-11(10-19)9-13(16)18/h3-6,8-9H,2,7H2,1H3. The Bertz CT molecular complexity index is 657. The highest BCUT2D eigenvalue weighted by Crippen LogP contribution is 2.34. The summed E-state index contributed by atoms with van der Waals surface area (Å²) in [6, 6.07) is 10.2. The number of halogens is 2. The van der Waals surface area contributed by atoms with Crippen molar-refractivity contribution < 1.29 is 18.3 Å². The van der Waals surface area contributed by atoms with Crippen molar-refractivity contribution in [3.8, 4) is 23.3 Å². The molecule has 2 aromatic carbocycles. The predicted octanol–water partition coefficient (Wildman–Crippen LogP) is 4.42. The van der Waals surface area contributed by atoms with Crippen LogP contribution in [0.3, 0.4) is 0 Å². The first-order valence-electron chi connectivity index (χ1n) is 6.44. The highest BCUT2D eigenvalue weighted by atomic mass is 19.1. The number of nitriles is 1. The molecule has 0 aliphatic heterocycles. The van der Waals surface area contributed by atoms with Crippen LogP contribution >= 0.6 is 0 Å². The molecule has 5 heteroatoms. The van der Waals surface area contributed by atoms with Crippen LogP contribution in [0.1, 0.15) is 18.9 Å². The van der Waals surface area contributed by atoms with E-state index in [4.69, 9.17) is 14.7 Å². The van der Waals surface area contributed by atoms with Gasteiger partial charge in [0, 0.05) is 0 Å². The number of nitrogens with zero attached hydrogens (tertiary/aromatic N) is 1. The Kier molecular flexibility index (Phi) is 4.72. The molecule has 0 atom stereocenters. The zero-order chi connectivity index (χ0) is 15.2. The Morgan fingerprint density at radius 2 is 1.71 bits per heavy atom. The smallest absolute Gasteiger partial charge is 0.198 e. The van der Waals surface area contributed by atoms with E-state index in [9.17, 15) is 8.78 Å². The molecule has 2 aromatic rings. The van der Waals surface area contributed by atoms with Gasteiger partial charge in [-0.2, -0.15) is 5.26 Å². The maximum atomic E-state index is 13.8. The summed E-state index contributed by atoms with van der Waals surface area (Å²) in [6.07, 6.45) is 0.800. The molecule has 2 rings (SSSR count). The van der Waals surface area contributed by atoms with Crippen molar-refractivity contribution in [2.24, 2.45) is 0 Å². The van der Waals surface area contributed by atoms with Gasteiger partial charge in [-0.1, -0.05) is 19.1 Å². The van der Waals surface area contributed by atoms with Crippen LogP contribution in [-0.4, -0.2) is 6.61 Å². The van der Waals surface area contributed by atoms with Gasteiger partial charge < -0.3 is 9.47 Å². The van der Waals surface area contributed by atoms with Crippen LogP contribution in [0, 0.1) is 23.0 Å². The molecule has 0 saturated carbocycles. The highest BCUT2D eigenvalue weighted by Gasteiger charge is 2.15. The normalized spacial score (nSPS) is 10.0. The van der Waals surface area contributed by atoms with E-state index in [0.717, 1.165) is 18.6 Å². The van der Waals surface area contributed by atoms with Crippen LogP contribution in [0.15, 0.2) is 36.4 Å². The molecule has 108 valence electrons. The summed E-state index contributed by atoms with van der Waals surface area (Å²) in [6.45, 7) is 2.42. The fourth-order valence-electron chi connectivity index (χ4n) is 1.70. The van der Waals surface area contributed by atoms with Crippen molar-refractivity contribution in [1.82, 2.24) is 0 Å². The van der Waals surface area contributed by atoms with Crippen LogP contribution in [0.4, 0.5) is 8.78 Å². The lowest BCUT2D eigenvalue weighted by Crippen LogP contribution is -1.99. The first-order valence-corrected chi connectivity index (χ1v) is 6.44. The average molecular weight is 289 g/mol. The third-order valence-corrected chi connectivity index (χ3v) is 2.65. The molecule has 21 heavy (non-hydrogen) atoms. The lowest BCUT2D eigenvalue weighted by Gasteiger charge is -2.13. The molecule has 0 amide bonds. The summed E-state index contributed by atoms with van der Waals surface area (Å²) in [5.74, 6) is -1.80. The predicted molar refractivity (Wildman–Crippen MR) is 73.4 cm³/mol. The van der Waals surface area contributed by atoms with E-state index in [1.54, 1.807) is 30.3 Å². The second-order valence-electron chi connectivity index (χ2n) is 4.28. The molecule has 0 aromatic heterocycles. The average Bonchev–Trinajstić information content (AvgIpc) is 2.49. The minimum Gasteiger partial charge on any atom is -0.490 e. The zero-order valence-electron chi connectivity index (χ0n) is 11.4. The van der Waals surface area contributed by atoms with Gasteiger partial charge in [-0.05, 0) is 30.7 Å². The molecule has 0 saturated heterocycles. The molecule has 0 bridgehead atoms. The quantitative estimate of drug-likeness (QED) is 0.818. The summed E-state index contributed by atoms with van der Waals surface area (Å²) >= 11 is 0. The summed E-state index contributed by atoms with van der Waals surface area (Å²) < 4.78 is 38.4. The lowest BCUT2D eigenvalue weighted by molar-refractivity contribution is 0.298. The minimum atomic E-state index is -0.933. The fraction of sp³-hybridized carbons (Fsp3) is 0.188. The van der Waals surface area contributed by atoms with E-state index in [0.29, 0.717) is 12.4 Å². The number of hydrogen-bond donors (Lipinski definition) is 0. The largest absolute Gasteiger partial charge is 0.490 e. The maximum Gasteiger partial charge on any atom is 0.198 e. The Hall–Kier alpha value is -2.61. The molecular weight excluding hydrogens is 276 g/mol. The topological polar surface area (TPSA) is 42.2 Å². The molecular formula is C16H13F2NO2. The van der Waals surface area contributed by atoms with E-state index >= 15 is 0 Å². The SMILES string of the molecule is CCCOc1ccccc1Oc1c(F)cc(C#N)cc1F. The number of para-hydroxylation sites is 2. The van der Waals surface area contributed by atoms with Crippen molar-refractivity contribution >= 4 is 0 Å². The fourth-order valence-corrected chi connectivity index (χ4v) is 1.70. The van der Waals surface area contributed by atoms with Crippen molar-refractivity contribution in [2.45, 2.75) is 13.3 Å². The zero-order valence-corrected chi connectivity index (χ0v) is 11.4. The van der Waals surface area contributed by atoms with E-state index in [-0.39, 0.29) is 11.3 Å². The van der Waals surface area contributed by atoms with Crippen LogP contribution in [0.2, 0.25) is 0 Å². The monoisotopic (exact) mass is 289 g/mol. The molecule has 0 spiro atoms. The number of hydrogen-bond acceptors (Lipinski definition) is 3. The van der Waals surface area contributed by atoms with E-state index in [1.807, 2.05) is 6.92 Å². The van der Waals surface area contributed by atoms with Gasteiger partial charge in [-0.15, -0.1) is 0 Å². The van der Waals surface area contributed by atoms with Crippen molar-refractivity contribution in [3.05, 3.63) is 53.6 Å². The Morgan fingerprint density at radius 1 is 1.10 bits per heavy atom. The first-order chi connectivity index (χ1) is 10.2. The van der Waals surface area contributed by atoms with E-state index in [1.165, 1.54) is 0 Å². The van der Waals surface area contributed by atoms with Gasteiger partial charge in [0.05, 0.1) is 18.2 Å². The number of benzene rings is 2. The van der Waals surface area contributed by atoms with Gasteiger partial charge in [0.25, 0.3) is 0 Å². The van der Waals surface area contributed by atoms with Crippen LogP contribution in [-0.2, 0) is 0 Å². The summed E-state index contributed by atoms with van der Waals surface area (Å²) in [5.41, 5.74) is -0.104. The molecule has 0 fully saturated rings. The summed E-state index contributed by atoms with van der Waals surface area (Å²) in [4.78, 5) is 0. The first kappa shape index (κ1) is 14.8. The molecule has 0 unspecified atom stereocenters. The summed E-state index contributed by atoms with van der Waals surface area (Å²) in [7, 11) is 0. The summed E-state index contributed by atoms with van der Waals surface area (Å²) in [5, 5.41) is 8.66. The maximum absolute atomic E-state index is 13.8. The van der Waals surface area contributed by atoms with Crippen LogP contribution in [0.25, 0.3) is 0 Å². The van der Waals surface area contributed by atoms with E-state index in [2.05, 4.69) is 0 Å².